The molecule has 0 aliphatic heterocycles. The van der Waals surface area contributed by atoms with Crippen molar-refractivity contribution in [1.29, 1.82) is 0 Å². The van der Waals surface area contributed by atoms with Crippen LogP contribution < -0.4 is 4.72 Å². The van der Waals surface area contributed by atoms with E-state index in [-0.39, 0.29) is 36.9 Å². The first-order valence-electron chi connectivity index (χ1n) is 7.37. The lowest BCUT2D eigenvalue weighted by Crippen LogP contribution is -2.38. The summed E-state index contributed by atoms with van der Waals surface area (Å²) < 4.78 is 30.9. The Hall–Kier alpha value is -1.97. The molecule has 0 aliphatic carbocycles. The number of carboxylic acid groups (broad SMARTS) is 1. The Kier molecular flexibility index (Phi) is 7.83. The van der Waals surface area contributed by atoms with Gasteiger partial charge in [0, 0.05) is 20.2 Å². The molecule has 24 heavy (non-hydrogen) atoms. The van der Waals surface area contributed by atoms with Gasteiger partial charge in [0.05, 0.1) is 17.9 Å². The molecule has 0 aliphatic rings. The number of methoxy groups -OCH3 is 1. The molecule has 1 aromatic carbocycles. The van der Waals surface area contributed by atoms with Gasteiger partial charge in [-0.05, 0) is 17.7 Å². The third-order valence-electron chi connectivity index (χ3n) is 3.17. The highest BCUT2D eigenvalue weighted by Gasteiger charge is 2.18. The smallest absolute Gasteiger partial charge is 0.323 e. The molecule has 0 spiro atoms. The number of rotatable bonds is 10. The second kappa shape index (κ2) is 9.36. The zero-order valence-electron chi connectivity index (χ0n) is 13.7. The molecule has 0 unspecified atom stereocenters. The van der Waals surface area contributed by atoms with Gasteiger partial charge in [0.1, 0.15) is 6.54 Å². The average molecular weight is 358 g/mol. The van der Waals surface area contributed by atoms with Gasteiger partial charge in [-0.15, -0.1) is 0 Å². The predicted octanol–water partition coefficient (Wildman–Crippen LogP) is 0.0869. The minimum atomic E-state index is -3.54. The standard InChI is InChI=1S/C15H22N2O6S/c1-3-16-24(21,22)13-6-4-12(5-7-13)10-14(18)17(8-9-23-2)11-15(19)20/h4-7,16H,3,8-11H2,1-2H3,(H,19,20). The van der Waals surface area contributed by atoms with E-state index in [0.29, 0.717) is 5.56 Å². The average Bonchev–Trinajstić information content (AvgIpc) is 2.51. The number of amides is 1. The largest absolute Gasteiger partial charge is 0.480 e. The number of carboxylic acids is 1. The Morgan fingerprint density at radius 1 is 1.25 bits per heavy atom. The zero-order valence-corrected chi connectivity index (χ0v) is 14.5. The van der Waals surface area contributed by atoms with Crippen molar-refractivity contribution in [2.24, 2.45) is 0 Å². The molecule has 0 atom stereocenters. The third kappa shape index (κ3) is 6.26. The van der Waals surface area contributed by atoms with Crippen LogP contribution in [0.25, 0.3) is 0 Å². The van der Waals surface area contributed by atoms with Gasteiger partial charge >= 0.3 is 5.97 Å². The highest BCUT2D eigenvalue weighted by molar-refractivity contribution is 7.89. The van der Waals surface area contributed by atoms with Gasteiger partial charge in [-0.1, -0.05) is 19.1 Å². The summed E-state index contributed by atoms with van der Waals surface area (Å²) in [5, 5.41) is 8.87. The number of aliphatic carboxylic acids is 1. The Morgan fingerprint density at radius 3 is 2.38 bits per heavy atom. The lowest BCUT2D eigenvalue weighted by molar-refractivity contribution is -0.144. The summed E-state index contributed by atoms with van der Waals surface area (Å²) in [6.45, 7) is 1.97. The van der Waals surface area contributed by atoms with E-state index in [9.17, 15) is 18.0 Å². The third-order valence-corrected chi connectivity index (χ3v) is 4.73. The van der Waals surface area contributed by atoms with E-state index in [4.69, 9.17) is 9.84 Å². The maximum absolute atomic E-state index is 12.2. The van der Waals surface area contributed by atoms with Crippen LogP contribution in [0.2, 0.25) is 0 Å². The summed E-state index contributed by atoms with van der Waals surface area (Å²) in [5.41, 5.74) is 0.600. The van der Waals surface area contributed by atoms with E-state index in [0.717, 1.165) is 0 Å². The van der Waals surface area contributed by atoms with Crippen LogP contribution >= 0.6 is 0 Å². The second-order valence-corrected chi connectivity index (χ2v) is 6.79. The molecule has 1 rings (SSSR count). The fraction of sp³-hybridized carbons (Fsp3) is 0.467. The number of benzene rings is 1. The number of hydrogen-bond acceptors (Lipinski definition) is 5. The Bertz CT molecular complexity index is 657. The molecule has 0 heterocycles. The summed E-state index contributed by atoms with van der Waals surface area (Å²) in [6, 6.07) is 5.91. The van der Waals surface area contributed by atoms with E-state index < -0.39 is 22.5 Å². The fourth-order valence-electron chi connectivity index (χ4n) is 2.00. The van der Waals surface area contributed by atoms with Crippen LogP contribution in [0.3, 0.4) is 0 Å². The van der Waals surface area contributed by atoms with Crippen molar-refractivity contribution < 1.29 is 27.9 Å². The molecule has 0 aromatic heterocycles. The van der Waals surface area contributed by atoms with E-state index in [1.807, 2.05) is 0 Å². The molecule has 0 saturated heterocycles. The van der Waals surface area contributed by atoms with Crippen LogP contribution in [0.1, 0.15) is 12.5 Å². The van der Waals surface area contributed by atoms with Gasteiger partial charge in [-0.2, -0.15) is 0 Å². The first-order chi connectivity index (χ1) is 11.3. The van der Waals surface area contributed by atoms with E-state index in [1.54, 1.807) is 6.92 Å². The number of carbonyl (C=O) groups excluding carboxylic acids is 1. The molecule has 9 heteroatoms. The maximum atomic E-state index is 12.2. The minimum Gasteiger partial charge on any atom is -0.480 e. The second-order valence-electron chi connectivity index (χ2n) is 5.02. The van der Waals surface area contributed by atoms with Gasteiger partial charge in [0.2, 0.25) is 15.9 Å². The molecule has 0 saturated carbocycles. The molecule has 2 N–H and O–H groups in total. The van der Waals surface area contributed by atoms with Gasteiger partial charge < -0.3 is 14.7 Å². The fourth-order valence-corrected chi connectivity index (χ4v) is 3.04. The summed E-state index contributed by atoms with van der Waals surface area (Å²) >= 11 is 0. The molecule has 0 bridgehead atoms. The molecular formula is C15H22N2O6S. The molecule has 1 aromatic rings. The molecule has 8 nitrogen and oxygen atoms in total. The van der Waals surface area contributed by atoms with Crippen molar-refractivity contribution in [2.45, 2.75) is 18.2 Å². The van der Waals surface area contributed by atoms with E-state index in [2.05, 4.69) is 4.72 Å². The Labute approximate surface area is 141 Å². The number of ether oxygens (including phenoxy) is 1. The monoisotopic (exact) mass is 358 g/mol. The highest BCUT2D eigenvalue weighted by atomic mass is 32.2. The van der Waals surface area contributed by atoms with E-state index in [1.165, 1.54) is 36.3 Å². The first-order valence-corrected chi connectivity index (χ1v) is 8.85. The summed E-state index contributed by atoms with van der Waals surface area (Å²) in [6.07, 6.45) is -0.0153. The van der Waals surface area contributed by atoms with Crippen molar-refractivity contribution in [3.05, 3.63) is 29.8 Å². The van der Waals surface area contributed by atoms with Gasteiger partial charge in [0.25, 0.3) is 0 Å². The van der Waals surface area contributed by atoms with Crippen LogP contribution in [0.5, 0.6) is 0 Å². The number of nitrogens with one attached hydrogen (secondary N) is 1. The highest BCUT2D eigenvalue weighted by Crippen LogP contribution is 2.11. The molecule has 0 radical (unpaired) electrons. The summed E-state index contributed by atoms with van der Waals surface area (Å²) in [4.78, 5) is 24.4. The Balaban J connectivity index is 2.80. The molecule has 134 valence electrons. The number of nitrogens with zero attached hydrogens (tertiary/aromatic N) is 1. The van der Waals surface area contributed by atoms with Crippen LogP contribution in [0, 0.1) is 0 Å². The predicted molar refractivity (Wildman–Crippen MR) is 87.1 cm³/mol. The SMILES string of the molecule is CCNS(=O)(=O)c1ccc(CC(=O)N(CCOC)CC(=O)O)cc1. The first kappa shape index (κ1) is 20.1. The van der Waals surface area contributed by atoms with Crippen molar-refractivity contribution in [3.8, 4) is 0 Å². The van der Waals surface area contributed by atoms with Crippen molar-refractivity contribution in [3.63, 3.8) is 0 Å². The van der Waals surface area contributed by atoms with Gasteiger partial charge in [-0.3, -0.25) is 9.59 Å². The summed E-state index contributed by atoms with van der Waals surface area (Å²) in [5.74, 6) is -1.47. The van der Waals surface area contributed by atoms with Gasteiger partial charge in [0.15, 0.2) is 0 Å². The van der Waals surface area contributed by atoms with Crippen LogP contribution in [-0.4, -0.2) is 63.7 Å². The number of hydrogen-bond donors (Lipinski definition) is 2. The van der Waals surface area contributed by atoms with Crippen molar-refractivity contribution >= 4 is 21.9 Å². The quantitative estimate of drug-likeness (QED) is 0.613. The van der Waals surface area contributed by atoms with Crippen molar-refractivity contribution in [1.82, 2.24) is 9.62 Å². The number of sulfonamides is 1. The summed E-state index contributed by atoms with van der Waals surface area (Å²) in [7, 11) is -2.07. The lowest BCUT2D eigenvalue weighted by atomic mass is 10.1. The molecule has 0 fully saturated rings. The minimum absolute atomic E-state index is 0.0153. The molecular weight excluding hydrogens is 336 g/mol. The normalized spacial score (nSPS) is 11.2. The Morgan fingerprint density at radius 2 is 1.88 bits per heavy atom. The van der Waals surface area contributed by atoms with Crippen LogP contribution in [0.15, 0.2) is 29.2 Å². The van der Waals surface area contributed by atoms with Crippen molar-refractivity contribution in [2.75, 3.05) is 33.4 Å². The topological polar surface area (TPSA) is 113 Å². The van der Waals surface area contributed by atoms with Crippen LogP contribution in [-0.2, 0) is 30.8 Å². The van der Waals surface area contributed by atoms with E-state index >= 15 is 0 Å². The zero-order chi connectivity index (χ0) is 18.2. The maximum Gasteiger partial charge on any atom is 0.323 e. The number of carbonyl (C=O) groups is 2. The van der Waals surface area contributed by atoms with Gasteiger partial charge in [-0.25, -0.2) is 13.1 Å². The van der Waals surface area contributed by atoms with Crippen LogP contribution in [0.4, 0.5) is 0 Å². The molecule has 1 amide bonds. The lowest BCUT2D eigenvalue weighted by Gasteiger charge is -2.20.